The summed E-state index contributed by atoms with van der Waals surface area (Å²) in [5.74, 6) is 0.438. The first-order chi connectivity index (χ1) is 9.24. The molecule has 19 heavy (non-hydrogen) atoms. The number of fused-ring (bicyclic) bond motifs is 1. The minimum absolute atomic E-state index is 0.124. The summed E-state index contributed by atoms with van der Waals surface area (Å²) in [5.41, 5.74) is 6.95. The molecule has 6 heteroatoms. The largest absolute Gasteiger partial charge is 0.385 e. The monoisotopic (exact) mass is 255 g/mol. The van der Waals surface area contributed by atoms with E-state index in [4.69, 9.17) is 5.73 Å². The summed E-state index contributed by atoms with van der Waals surface area (Å²) >= 11 is 0. The third-order valence-electron chi connectivity index (χ3n) is 2.86. The highest BCUT2D eigenvalue weighted by Crippen LogP contribution is 2.09. The molecule has 0 aliphatic rings. The number of hydrogen-bond acceptors (Lipinski definition) is 4. The van der Waals surface area contributed by atoms with Gasteiger partial charge >= 0.3 is 0 Å². The molecule has 96 valence electrons. The summed E-state index contributed by atoms with van der Waals surface area (Å²) in [4.78, 5) is 19.2. The van der Waals surface area contributed by atoms with E-state index >= 15 is 0 Å². The number of nitrogens with one attached hydrogen (secondary N) is 2. The van der Waals surface area contributed by atoms with Crippen molar-refractivity contribution in [1.29, 1.82) is 0 Å². The van der Waals surface area contributed by atoms with E-state index in [9.17, 15) is 4.79 Å². The highest BCUT2D eigenvalue weighted by molar-refractivity contribution is 5.78. The van der Waals surface area contributed by atoms with Crippen molar-refractivity contribution >= 4 is 22.5 Å². The first kappa shape index (κ1) is 11.3. The number of aromatic amines is 1. The van der Waals surface area contributed by atoms with Crippen molar-refractivity contribution in [1.82, 2.24) is 14.5 Å². The molecule has 0 saturated carbocycles. The molecule has 0 amide bonds. The van der Waals surface area contributed by atoms with Crippen LogP contribution in [0.4, 0.5) is 11.5 Å². The summed E-state index contributed by atoms with van der Waals surface area (Å²) < 4.78 is 1.50. The van der Waals surface area contributed by atoms with Crippen molar-refractivity contribution in [2.75, 3.05) is 11.1 Å². The SMILES string of the molecule is Nc1cc2c(=O)n(CNc3ccccc3)cnc2[nH]1. The minimum Gasteiger partial charge on any atom is -0.385 e. The van der Waals surface area contributed by atoms with Crippen LogP contribution in [0.5, 0.6) is 0 Å². The van der Waals surface area contributed by atoms with Crippen LogP contribution in [0.15, 0.2) is 47.5 Å². The van der Waals surface area contributed by atoms with Crippen LogP contribution >= 0.6 is 0 Å². The summed E-state index contributed by atoms with van der Waals surface area (Å²) in [5, 5.41) is 3.65. The van der Waals surface area contributed by atoms with Gasteiger partial charge in [0.1, 0.15) is 17.8 Å². The third-order valence-corrected chi connectivity index (χ3v) is 2.86. The van der Waals surface area contributed by atoms with Crippen LogP contribution in [-0.2, 0) is 6.67 Å². The second-order valence-corrected chi connectivity index (χ2v) is 4.21. The van der Waals surface area contributed by atoms with Crippen molar-refractivity contribution in [3.05, 3.63) is 53.1 Å². The van der Waals surface area contributed by atoms with Gasteiger partial charge in [-0.2, -0.15) is 0 Å². The van der Waals surface area contributed by atoms with Crippen LogP contribution in [0, 0.1) is 0 Å². The van der Waals surface area contributed by atoms with Crippen LogP contribution in [0.1, 0.15) is 0 Å². The van der Waals surface area contributed by atoms with E-state index in [-0.39, 0.29) is 5.56 Å². The van der Waals surface area contributed by atoms with Crippen molar-refractivity contribution in [2.24, 2.45) is 0 Å². The summed E-state index contributed by atoms with van der Waals surface area (Å²) in [6.45, 7) is 0.358. The van der Waals surface area contributed by atoms with Gasteiger partial charge in [-0.05, 0) is 18.2 Å². The number of nitrogen functional groups attached to an aromatic ring is 1. The van der Waals surface area contributed by atoms with Gasteiger partial charge in [-0.15, -0.1) is 0 Å². The third kappa shape index (κ3) is 2.15. The Morgan fingerprint density at radius 3 is 2.89 bits per heavy atom. The van der Waals surface area contributed by atoms with E-state index in [1.165, 1.54) is 10.9 Å². The molecule has 0 aliphatic heterocycles. The average Bonchev–Trinajstić information content (AvgIpc) is 2.81. The van der Waals surface area contributed by atoms with Crippen LogP contribution < -0.4 is 16.6 Å². The van der Waals surface area contributed by atoms with Gasteiger partial charge < -0.3 is 16.0 Å². The number of aromatic nitrogens is 3. The molecule has 0 spiro atoms. The number of para-hydroxylation sites is 1. The van der Waals surface area contributed by atoms with Gasteiger partial charge in [0.05, 0.1) is 12.1 Å². The van der Waals surface area contributed by atoms with Crippen LogP contribution in [0.25, 0.3) is 11.0 Å². The lowest BCUT2D eigenvalue weighted by molar-refractivity contribution is 0.728. The van der Waals surface area contributed by atoms with Gasteiger partial charge in [0.15, 0.2) is 0 Å². The normalized spacial score (nSPS) is 10.7. The predicted octanol–water partition coefficient (Wildman–Crippen LogP) is 1.38. The van der Waals surface area contributed by atoms with Gasteiger partial charge in [-0.3, -0.25) is 9.36 Å². The maximum absolute atomic E-state index is 12.2. The second kappa shape index (κ2) is 4.49. The van der Waals surface area contributed by atoms with E-state index < -0.39 is 0 Å². The van der Waals surface area contributed by atoms with Crippen molar-refractivity contribution in [2.45, 2.75) is 6.67 Å². The maximum Gasteiger partial charge on any atom is 0.264 e. The Bertz CT molecular complexity index is 760. The maximum atomic E-state index is 12.2. The smallest absolute Gasteiger partial charge is 0.264 e. The van der Waals surface area contributed by atoms with E-state index in [0.29, 0.717) is 23.5 Å². The van der Waals surface area contributed by atoms with Gasteiger partial charge in [0.2, 0.25) is 0 Å². The Hall–Kier alpha value is -2.76. The van der Waals surface area contributed by atoms with E-state index in [1.807, 2.05) is 30.3 Å². The Kier molecular flexibility index (Phi) is 2.68. The Morgan fingerprint density at radius 1 is 1.32 bits per heavy atom. The zero-order valence-electron chi connectivity index (χ0n) is 10.1. The molecule has 3 aromatic rings. The second-order valence-electron chi connectivity index (χ2n) is 4.21. The van der Waals surface area contributed by atoms with E-state index in [2.05, 4.69) is 15.3 Å². The van der Waals surface area contributed by atoms with Crippen molar-refractivity contribution in [3.63, 3.8) is 0 Å². The van der Waals surface area contributed by atoms with Crippen LogP contribution in [0.3, 0.4) is 0 Å². The molecule has 4 N–H and O–H groups in total. The van der Waals surface area contributed by atoms with Gasteiger partial charge in [0, 0.05) is 5.69 Å². The molecule has 0 bridgehead atoms. The lowest BCUT2D eigenvalue weighted by Gasteiger charge is -2.08. The first-order valence-electron chi connectivity index (χ1n) is 5.86. The number of anilines is 2. The topological polar surface area (TPSA) is 88.7 Å². The number of nitrogens with two attached hydrogens (primary N) is 1. The Balaban J connectivity index is 1.89. The quantitative estimate of drug-likeness (QED) is 0.659. The van der Waals surface area contributed by atoms with Gasteiger partial charge in [0.25, 0.3) is 5.56 Å². The average molecular weight is 255 g/mol. The molecular weight excluding hydrogens is 242 g/mol. The van der Waals surface area contributed by atoms with E-state index in [1.54, 1.807) is 6.07 Å². The summed E-state index contributed by atoms with van der Waals surface area (Å²) in [7, 11) is 0. The number of hydrogen-bond donors (Lipinski definition) is 3. The van der Waals surface area contributed by atoms with Crippen LogP contribution in [0.2, 0.25) is 0 Å². The molecule has 0 radical (unpaired) electrons. The van der Waals surface area contributed by atoms with Gasteiger partial charge in [-0.25, -0.2) is 4.98 Å². The summed E-state index contributed by atoms with van der Waals surface area (Å²) in [6.07, 6.45) is 1.50. The number of nitrogens with zero attached hydrogens (tertiary/aromatic N) is 2. The lowest BCUT2D eigenvalue weighted by atomic mass is 10.3. The van der Waals surface area contributed by atoms with Crippen molar-refractivity contribution in [3.8, 4) is 0 Å². The van der Waals surface area contributed by atoms with Crippen LogP contribution in [-0.4, -0.2) is 14.5 Å². The minimum atomic E-state index is -0.124. The molecule has 0 saturated heterocycles. The molecule has 2 aromatic heterocycles. The van der Waals surface area contributed by atoms with Gasteiger partial charge in [-0.1, -0.05) is 18.2 Å². The molecule has 0 unspecified atom stereocenters. The number of benzene rings is 1. The molecule has 6 nitrogen and oxygen atoms in total. The lowest BCUT2D eigenvalue weighted by Crippen LogP contribution is -2.23. The standard InChI is InChI=1S/C13H13N5O/c14-11-6-10-12(17-11)16-8-18(13(10)19)7-15-9-4-2-1-3-5-9/h1-6,8,15,17H,7,14H2. The number of H-pyrrole nitrogens is 1. The molecule has 0 fully saturated rings. The Morgan fingerprint density at radius 2 is 2.11 bits per heavy atom. The zero-order valence-corrected chi connectivity index (χ0v) is 10.1. The first-order valence-corrected chi connectivity index (χ1v) is 5.86. The molecule has 2 heterocycles. The Labute approximate surface area is 108 Å². The fourth-order valence-corrected chi connectivity index (χ4v) is 1.91. The highest BCUT2D eigenvalue weighted by Gasteiger charge is 2.06. The zero-order chi connectivity index (χ0) is 13.2. The molecular formula is C13H13N5O. The fraction of sp³-hybridized carbons (Fsp3) is 0.0769. The number of rotatable bonds is 3. The highest BCUT2D eigenvalue weighted by atomic mass is 16.1. The molecule has 0 atom stereocenters. The van der Waals surface area contributed by atoms with E-state index in [0.717, 1.165) is 5.69 Å². The fourth-order valence-electron chi connectivity index (χ4n) is 1.91. The predicted molar refractivity (Wildman–Crippen MR) is 74.8 cm³/mol. The van der Waals surface area contributed by atoms with Crippen molar-refractivity contribution < 1.29 is 0 Å². The molecule has 3 rings (SSSR count). The summed E-state index contributed by atoms with van der Waals surface area (Å²) in [6, 6.07) is 11.3. The molecule has 1 aromatic carbocycles. The molecule has 0 aliphatic carbocycles.